The smallest absolute Gasteiger partial charge is 0.338 e. The Kier molecular flexibility index (Phi) is 6.56. The third-order valence-electron chi connectivity index (χ3n) is 3.18. The zero-order valence-corrected chi connectivity index (χ0v) is 13.1. The number of nitrogens with one attached hydrogen (secondary N) is 3. The van der Waals surface area contributed by atoms with Crippen molar-refractivity contribution in [1.82, 2.24) is 16.0 Å². The Bertz CT molecular complexity index is 561. The SMILES string of the molecule is CCNC(=O)NC(=O)[C@@H](C)N[C@@H](C)c1cccc(C(F)(F)F)c1. The molecule has 8 heteroatoms. The third-order valence-corrected chi connectivity index (χ3v) is 3.18. The number of amides is 3. The zero-order chi connectivity index (χ0) is 17.6. The highest BCUT2D eigenvalue weighted by atomic mass is 19.4. The van der Waals surface area contributed by atoms with Gasteiger partial charge in [-0.05, 0) is 38.5 Å². The molecule has 128 valence electrons. The normalized spacial score (nSPS) is 14.0. The highest BCUT2D eigenvalue weighted by molar-refractivity contribution is 5.96. The van der Waals surface area contributed by atoms with Gasteiger partial charge in [-0.1, -0.05) is 12.1 Å². The Morgan fingerprint density at radius 1 is 1.22 bits per heavy atom. The molecule has 1 aromatic carbocycles. The molecule has 0 radical (unpaired) electrons. The molecule has 0 saturated heterocycles. The quantitative estimate of drug-likeness (QED) is 0.777. The molecule has 0 aliphatic rings. The summed E-state index contributed by atoms with van der Waals surface area (Å²) in [6, 6.07) is 3.03. The molecule has 0 spiro atoms. The Morgan fingerprint density at radius 2 is 1.87 bits per heavy atom. The number of benzene rings is 1. The van der Waals surface area contributed by atoms with Crippen LogP contribution < -0.4 is 16.0 Å². The summed E-state index contributed by atoms with van der Waals surface area (Å²) in [5.41, 5.74) is -0.347. The minimum atomic E-state index is -4.42. The first-order valence-corrected chi connectivity index (χ1v) is 7.17. The van der Waals surface area contributed by atoms with E-state index in [0.717, 1.165) is 12.1 Å². The van der Waals surface area contributed by atoms with Crippen molar-refractivity contribution >= 4 is 11.9 Å². The maximum absolute atomic E-state index is 12.7. The summed E-state index contributed by atoms with van der Waals surface area (Å²) in [6.45, 7) is 5.26. The van der Waals surface area contributed by atoms with Crippen molar-refractivity contribution in [3.8, 4) is 0 Å². The molecule has 0 bridgehead atoms. The van der Waals surface area contributed by atoms with Crippen LogP contribution in [0.15, 0.2) is 24.3 Å². The van der Waals surface area contributed by atoms with Crippen LogP contribution in [0.5, 0.6) is 0 Å². The van der Waals surface area contributed by atoms with E-state index >= 15 is 0 Å². The minimum absolute atomic E-state index is 0.377. The second-order valence-corrected chi connectivity index (χ2v) is 5.08. The molecule has 0 aliphatic heterocycles. The fraction of sp³-hybridized carbons (Fsp3) is 0.467. The van der Waals surface area contributed by atoms with E-state index in [1.807, 2.05) is 0 Å². The van der Waals surface area contributed by atoms with Crippen molar-refractivity contribution in [2.24, 2.45) is 0 Å². The summed E-state index contributed by atoms with van der Waals surface area (Å²) >= 11 is 0. The molecule has 3 N–H and O–H groups in total. The van der Waals surface area contributed by atoms with E-state index in [9.17, 15) is 22.8 Å². The van der Waals surface area contributed by atoms with Crippen molar-refractivity contribution in [2.45, 2.75) is 39.0 Å². The van der Waals surface area contributed by atoms with E-state index in [0.29, 0.717) is 12.1 Å². The zero-order valence-electron chi connectivity index (χ0n) is 13.1. The number of halogens is 3. The van der Waals surface area contributed by atoms with E-state index in [1.54, 1.807) is 19.9 Å². The van der Waals surface area contributed by atoms with Gasteiger partial charge < -0.3 is 5.32 Å². The van der Waals surface area contributed by atoms with Crippen LogP contribution in [0, 0.1) is 0 Å². The first kappa shape index (κ1) is 19.0. The molecule has 0 fully saturated rings. The summed E-state index contributed by atoms with van der Waals surface area (Å²) < 4.78 is 38.1. The largest absolute Gasteiger partial charge is 0.416 e. The Morgan fingerprint density at radius 3 is 2.43 bits per heavy atom. The molecule has 23 heavy (non-hydrogen) atoms. The summed E-state index contributed by atoms with van der Waals surface area (Å²) in [4.78, 5) is 23.1. The molecule has 3 amide bonds. The molecule has 0 unspecified atom stereocenters. The third kappa shape index (κ3) is 5.90. The topological polar surface area (TPSA) is 70.2 Å². The van der Waals surface area contributed by atoms with Crippen LogP contribution in [-0.4, -0.2) is 24.5 Å². The molecular weight excluding hydrogens is 311 g/mol. The highest BCUT2D eigenvalue weighted by Gasteiger charge is 2.30. The lowest BCUT2D eigenvalue weighted by Gasteiger charge is -2.20. The molecular formula is C15H20F3N3O2. The molecule has 1 rings (SSSR count). The second kappa shape index (κ2) is 7.96. The fourth-order valence-corrected chi connectivity index (χ4v) is 1.96. The molecule has 0 saturated carbocycles. The Hall–Kier alpha value is -2.09. The number of hydrogen-bond donors (Lipinski definition) is 3. The number of urea groups is 1. The van der Waals surface area contributed by atoms with Gasteiger partial charge in [0.05, 0.1) is 11.6 Å². The van der Waals surface area contributed by atoms with E-state index < -0.39 is 35.8 Å². The van der Waals surface area contributed by atoms with Gasteiger partial charge in [-0.2, -0.15) is 13.2 Å². The lowest BCUT2D eigenvalue weighted by molar-refractivity contribution is -0.137. The van der Waals surface area contributed by atoms with Crippen molar-refractivity contribution in [2.75, 3.05) is 6.54 Å². The van der Waals surface area contributed by atoms with Gasteiger partial charge in [0, 0.05) is 12.6 Å². The maximum atomic E-state index is 12.7. The second-order valence-electron chi connectivity index (χ2n) is 5.08. The first-order valence-electron chi connectivity index (χ1n) is 7.17. The molecule has 0 heterocycles. The first-order chi connectivity index (χ1) is 10.6. The van der Waals surface area contributed by atoms with Crippen LogP contribution in [0.1, 0.15) is 37.9 Å². The molecule has 2 atom stereocenters. The monoisotopic (exact) mass is 331 g/mol. The predicted molar refractivity (Wildman–Crippen MR) is 79.7 cm³/mol. The molecule has 5 nitrogen and oxygen atoms in total. The maximum Gasteiger partial charge on any atom is 0.416 e. The highest BCUT2D eigenvalue weighted by Crippen LogP contribution is 2.30. The lowest BCUT2D eigenvalue weighted by atomic mass is 10.0. The Labute approximate surface area is 132 Å². The summed E-state index contributed by atoms with van der Waals surface area (Å²) in [5.74, 6) is -0.560. The number of imide groups is 1. The van der Waals surface area contributed by atoms with Crippen LogP contribution in [-0.2, 0) is 11.0 Å². The molecule has 1 aromatic rings. The average Bonchev–Trinajstić information content (AvgIpc) is 2.46. The van der Waals surface area contributed by atoms with Crippen molar-refractivity contribution in [1.29, 1.82) is 0 Å². The van der Waals surface area contributed by atoms with Gasteiger partial charge >= 0.3 is 12.2 Å². The molecule has 0 aromatic heterocycles. The van der Waals surface area contributed by atoms with Crippen molar-refractivity contribution < 1.29 is 22.8 Å². The lowest BCUT2D eigenvalue weighted by Crippen LogP contribution is -2.48. The van der Waals surface area contributed by atoms with Gasteiger partial charge in [-0.3, -0.25) is 15.4 Å². The van der Waals surface area contributed by atoms with Gasteiger partial charge in [0.2, 0.25) is 5.91 Å². The van der Waals surface area contributed by atoms with E-state index in [4.69, 9.17) is 0 Å². The standard InChI is InChI=1S/C15H20F3N3O2/c1-4-19-14(23)21-13(22)10(3)20-9(2)11-6-5-7-12(8-11)15(16,17)18/h5-10,20H,4H2,1-3H3,(H2,19,21,22,23)/t9-,10+/m0/s1. The number of alkyl halides is 3. The summed E-state index contributed by atoms with van der Waals surface area (Å²) in [7, 11) is 0. The number of hydrogen-bond acceptors (Lipinski definition) is 3. The Balaban J connectivity index is 2.70. The van der Waals surface area contributed by atoms with Gasteiger partial charge in [0.15, 0.2) is 0 Å². The number of carbonyl (C=O) groups is 2. The average molecular weight is 331 g/mol. The van der Waals surface area contributed by atoms with Crippen LogP contribution in [0.3, 0.4) is 0 Å². The van der Waals surface area contributed by atoms with Crippen LogP contribution >= 0.6 is 0 Å². The van der Waals surface area contributed by atoms with Gasteiger partial charge in [0.25, 0.3) is 0 Å². The molecule has 0 aliphatic carbocycles. The van der Waals surface area contributed by atoms with Crippen LogP contribution in [0.2, 0.25) is 0 Å². The van der Waals surface area contributed by atoms with E-state index in [-0.39, 0.29) is 0 Å². The van der Waals surface area contributed by atoms with Gasteiger partial charge in [0.1, 0.15) is 0 Å². The fourth-order valence-electron chi connectivity index (χ4n) is 1.96. The van der Waals surface area contributed by atoms with Crippen LogP contribution in [0.4, 0.5) is 18.0 Å². The predicted octanol–water partition coefficient (Wildman–Crippen LogP) is 2.59. The van der Waals surface area contributed by atoms with Gasteiger partial charge in [-0.15, -0.1) is 0 Å². The summed E-state index contributed by atoms with van der Waals surface area (Å²) in [5, 5.41) is 7.42. The van der Waals surface area contributed by atoms with Crippen molar-refractivity contribution in [3.05, 3.63) is 35.4 Å². The van der Waals surface area contributed by atoms with E-state index in [2.05, 4.69) is 16.0 Å². The van der Waals surface area contributed by atoms with E-state index in [1.165, 1.54) is 13.0 Å². The number of rotatable bonds is 5. The number of carbonyl (C=O) groups excluding carboxylic acids is 2. The van der Waals surface area contributed by atoms with Crippen LogP contribution in [0.25, 0.3) is 0 Å². The minimum Gasteiger partial charge on any atom is -0.338 e. The summed E-state index contributed by atoms with van der Waals surface area (Å²) in [6.07, 6.45) is -4.42. The van der Waals surface area contributed by atoms with Crippen molar-refractivity contribution in [3.63, 3.8) is 0 Å². The van der Waals surface area contributed by atoms with Gasteiger partial charge in [-0.25, -0.2) is 4.79 Å².